The molecule has 2 heterocycles. The average molecular weight is 378 g/mol. The Morgan fingerprint density at radius 2 is 1.81 bits per heavy atom. The van der Waals surface area contributed by atoms with Crippen molar-refractivity contribution in [2.45, 2.75) is 19.5 Å². The molecule has 1 aliphatic rings. The molecule has 0 spiro atoms. The van der Waals surface area contributed by atoms with Gasteiger partial charge in [0.2, 0.25) is 0 Å². The molecule has 4 rings (SSSR count). The summed E-state index contributed by atoms with van der Waals surface area (Å²) in [6.07, 6.45) is 2.14. The predicted octanol–water partition coefficient (Wildman–Crippen LogP) is 4.69. The van der Waals surface area contributed by atoms with E-state index in [9.17, 15) is 0 Å². The van der Waals surface area contributed by atoms with Gasteiger partial charge in [-0.05, 0) is 61.1 Å². The van der Waals surface area contributed by atoms with Gasteiger partial charge in [-0.1, -0.05) is 30.3 Å². The molecule has 0 amide bonds. The molecule has 0 aliphatic carbocycles. The van der Waals surface area contributed by atoms with Crippen LogP contribution in [0.4, 0.5) is 5.69 Å². The maximum atomic E-state index is 5.79. The third kappa shape index (κ3) is 3.69. The van der Waals surface area contributed by atoms with E-state index in [1.54, 1.807) is 0 Å². The molecule has 138 valence electrons. The van der Waals surface area contributed by atoms with Crippen molar-refractivity contribution in [3.05, 3.63) is 84.2 Å². The van der Waals surface area contributed by atoms with Crippen LogP contribution in [-0.4, -0.2) is 27.7 Å². The molecular formula is C22H23N3OS. The monoisotopic (exact) mass is 377 g/mol. The van der Waals surface area contributed by atoms with Crippen LogP contribution < -0.4 is 10.1 Å². The quantitative estimate of drug-likeness (QED) is 0.668. The van der Waals surface area contributed by atoms with Crippen LogP contribution in [-0.2, 0) is 6.54 Å². The second-order valence-electron chi connectivity index (χ2n) is 6.52. The molecule has 5 heteroatoms. The van der Waals surface area contributed by atoms with E-state index in [0.29, 0.717) is 6.61 Å². The Hall–Kier alpha value is -2.79. The number of thiocarbonyl (C=S) groups is 1. The normalized spacial score (nSPS) is 15.9. The first kappa shape index (κ1) is 17.6. The lowest BCUT2D eigenvalue weighted by Crippen LogP contribution is -2.44. The summed E-state index contributed by atoms with van der Waals surface area (Å²) in [5, 5.41) is 4.13. The lowest BCUT2D eigenvalue weighted by molar-refractivity contribution is 0.293. The van der Waals surface area contributed by atoms with Crippen molar-refractivity contribution >= 4 is 23.0 Å². The second kappa shape index (κ2) is 7.84. The summed E-state index contributed by atoms with van der Waals surface area (Å²) in [5.74, 6) is 0.868. The minimum Gasteiger partial charge on any atom is -0.494 e. The van der Waals surface area contributed by atoms with Gasteiger partial charge >= 0.3 is 0 Å². The van der Waals surface area contributed by atoms with E-state index in [0.717, 1.165) is 29.6 Å². The van der Waals surface area contributed by atoms with E-state index >= 15 is 0 Å². The average Bonchev–Trinajstić information content (AvgIpc) is 3.18. The Kier molecular flexibility index (Phi) is 5.12. The topological polar surface area (TPSA) is 29.4 Å². The number of nitrogens with one attached hydrogen (secondary N) is 1. The number of ether oxygens (including phenoxy) is 1. The van der Waals surface area contributed by atoms with E-state index in [1.807, 2.05) is 37.3 Å². The minimum absolute atomic E-state index is 0.109. The Morgan fingerprint density at radius 3 is 2.56 bits per heavy atom. The van der Waals surface area contributed by atoms with Crippen LogP contribution in [0, 0.1) is 0 Å². The molecule has 0 fully saturated rings. The van der Waals surface area contributed by atoms with Crippen molar-refractivity contribution in [2.75, 3.05) is 18.5 Å². The van der Waals surface area contributed by atoms with Crippen molar-refractivity contribution in [1.29, 1.82) is 0 Å². The number of aromatic nitrogens is 1. The summed E-state index contributed by atoms with van der Waals surface area (Å²) in [7, 11) is 0. The fourth-order valence-corrected chi connectivity index (χ4v) is 3.90. The lowest BCUT2D eigenvalue weighted by atomic mass is 10.0. The first-order valence-electron chi connectivity index (χ1n) is 9.26. The largest absolute Gasteiger partial charge is 0.494 e. The van der Waals surface area contributed by atoms with Crippen LogP contribution in [0.5, 0.6) is 5.75 Å². The molecular weight excluding hydrogens is 354 g/mol. The van der Waals surface area contributed by atoms with E-state index in [4.69, 9.17) is 17.0 Å². The zero-order valence-corrected chi connectivity index (χ0v) is 16.2. The Morgan fingerprint density at radius 1 is 1.04 bits per heavy atom. The standard InChI is InChI=1S/C22H23N3OS/c1-2-26-19-12-10-18(11-13-19)23-22(27)25-16-15-24-14-6-9-20(24)21(25)17-7-4-3-5-8-17/h3-14,21H,2,15-16H2,1H3,(H,23,27)/t21-/m0/s1. The zero-order valence-electron chi connectivity index (χ0n) is 15.3. The van der Waals surface area contributed by atoms with Crippen molar-refractivity contribution in [2.24, 2.45) is 0 Å². The van der Waals surface area contributed by atoms with Gasteiger partial charge in [-0.15, -0.1) is 0 Å². The van der Waals surface area contributed by atoms with Gasteiger partial charge in [0.15, 0.2) is 5.11 Å². The van der Waals surface area contributed by atoms with Gasteiger partial charge in [0.1, 0.15) is 5.75 Å². The Bertz CT molecular complexity index is 905. The molecule has 1 N–H and O–H groups in total. The van der Waals surface area contributed by atoms with E-state index < -0.39 is 0 Å². The highest BCUT2D eigenvalue weighted by atomic mass is 32.1. The van der Waals surface area contributed by atoms with Crippen LogP contribution in [0.1, 0.15) is 24.2 Å². The number of hydrogen-bond acceptors (Lipinski definition) is 2. The smallest absolute Gasteiger partial charge is 0.174 e. The number of rotatable bonds is 4. The van der Waals surface area contributed by atoms with Crippen LogP contribution in [0.15, 0.2) is 72.9 Å². The highest BCUT2D eigenvalue weighted by Gasteiger charge is 2.30. The summed E-state index contributed by atoms with van der Waals surface area (Å²) in [5.41, 5.74) is 3.48. The van der Waals surface area contributed by atoms with Gasteiger partial charge in [-0.25, -0.2) is 0 Å². The van der Waals surface area contributed by atoms with Gasteiger partial charge in [0.25, 0.3) is 0 Å². The van der Waals surface area contributed by atoms with Gasteiger partial charge in [-0.2, -0.15) is 0 Å². The first-order valence-corrected chi connectivity index (χ1v) is 9.67. The molecule has 0 radical (unpaired) electrons. The number of nitrogens with zero attached hydrogens (tertiary/aromatic N) is 2. The number of fused-ring (bicyclic) bond motifs is 1. The number of benzene rings is 2. The molecule has 2 aromatic carbocycles. The van der Waals surface area contributed by atoms with Crippen LogP contribution in [0.2, 0.25) is 0 Å². The van der Waals surface area contributed by atoms with Crippen molar-refractivity contribution in [3.8, 4) is 5.75 Å². The van der Waals surface area contributed by atoms with Crippen LogP contribution in [0.25, 0.3) is 0 Å². The molecule has 3 aromatic rings. The molecule has 1 atom stereocenters. The fraction of sp³-hybridized carbons (Fsp3) is 0.227. The maximum absolute atomic E-state index is 5.79. The van der Waals surface area contributed by atoms with Gasteiger partial charge < -0.3 is 19.5 Å². The molecule has 1 aromatic heterocycles. The summed E-state index contributed by atoms with van der Waals surface area (Å²) in [4.78, 5) is 2.27. The lowest BCUT2D eigenvalue weighted by Gasteiger charge is -2.39. The van der Waals surface area contributed by atoms with E-state index in [2.05, 4.69) is 57.4 Å². The predicted molar refractivity (Wildman–Crippen MR) is 113 cm³/mol. The molecule has 4 nitrogen and oxygen atoms in total. The summed E-state index contributed by atoms with van der Waals surface area (Å²) in [6, 6.07) is 22.9. The van der Waals surface area contributed by atoms with E-state index in [1.165, 1.54) is 11.3 Å². The molecule has 1 aliphatic heterocycles. The molecule has 0 unspecified atom stereocenters. The minimum atomic E-state index is 0.109. The summed E-state index contributed by atoms with van der Waals surface area (Å²) >= 11 is 5.79. The highest BCUT2D eigenvalue weighted by molar-refractivity contribution is 7.80. The fourth-order valence-electron chi connectivity index (χ4n) is 3.58. The zero-order chi connectivity index (χ0) is 18.6. The van der Waals surface area contributed by atoms with Gasteiger partial charge in [0, 0.05) is 30.7 Å². The molecule has 0 bridgehead atoms. The third-order valence-corrected chi connectivity index (χ3v) is 5.17. The Labute approximate surface area is 165 Å². The molecule has 0 saturated carbocycles. The number of anilines is 1. The summed E-state index contributed by atoms with van der Waals surface area (Å²) in [6.45, 7) is 4.44. The highest BCUT2D eigenvalue weighted by Crippen LogP contribution is 2.33. The molecule has 0 saturated heterocycles. The van der Waals surface area contributed by atoms with Crippen molar-refractivity contribution < 1.29 is 4.74 Å². The first-order chi connectivity index (χ1) is 13.3. The number of hydrogen-bond donors (Lipinski definition) is 1. The van der Waals surface area contributed by atoms with Crippen LogP contribution in [0.3, 0.4) is 0 Å². The Balaban J connectivity index is 1.58. The third-order valence-electron chi connectivity index (χ3n) is 4.83. The van der Waals surface area contributed by atoms with Gasteiger partial charge in [-0.3, -0.25) is 0 Å². The summed E-state index contributed by atoms with van der Waals surface area (Å²) < 4.78 is 7.83. The van der Waals surface area contributed by atoms with Crippen molar-refractivity contribution in [1.82, 2.24) is 9.47 Å². The maximum Gasteiger partial charge on any atom is 0.174 e. The van der Waals surface area contributed by atoms with E-state index in [-0.39, 0.29) is 6.04 Å². The molecule has 27 heavy (non-hydrogen) atoms. The van der Waals surface area contributed by atoms with Gasteiger partial charge in [0.05, 0.1) is 12.6 Å². The second-order valence-corrected chi connectivity index (χ2v) is 6.91. The SMILES string of the molecule is CCOc1ccc(NC(=S)N2CCn3cccc3[C@@H]2c2ccccc2)cc1. The van der Waals surface area contributed by atoms with Crippen LogP contribution >= 0.6 is 12.2 Å². The van der Waals surface area contributed by atoms with Crippen molar-refractivity contribution in [3.63, 3.8) is 0 Å².